The number of rotatable bonds is 7. The molecule has 144 valence electrons. The number of para-hydroxylation sites is 1. The molecule has 4 aromatic carbocycles. The second-order valence-corrected chi connectivity index (χ2v) is 9.16. The van der Waals surface area contributed by atoms with Crippen LogP contribution in [0.1, 0.15) is 0 Å². The van der Waals surface area contributed by atoms with Crippen molar-refractivity contribution in [1.29, 1.82) is 0 Å². The molecule has 4 aromatic rings. The number of hydrogen-bond acceptors (Lipinski definition) is 2. The maximum absolute atomic E-state index is 6.22. The molecule has 0 spiro atoms. The molecule has 2 unspecified atom stereocenters. The van der Waals surface area contributed by atoms with Crippen LogP contribution in [0.5, 0.6) is 11.5 Å². The van der Waals surface area contributed by atoms with E-state index in [1.165, 1.54) is 5.30 Å². The quantitative estimate of drug-likeness (QED) is 0.273. The molecule has 0 amide bonds. The number of halogens is 1. The van der Waals surface area contributed by atoms with E-state index in [2.05, 4.69) is 52.3 Å². The smallest absolute Gasteiger partial charge is 0.132 e. The molecular weight excluding hydrogens is 462 g/mol. The van der Waals surface area contributed by atoms with Crippen molar-refractivity contribution in [3.8, 4) is 22.6 Å². The van der Waals surface area contributed by atoms with Crippen LogP contribution in [0.15, 0.2) is 108 Å². The molecule has 2 atom stereocenters. The van der Waals surface area contributed by atoms with Crippen LogP contribution in [0, 0.1) is 0 Å². The van der Waals surface area contributed by atoms with Crippen LogP contribution in [0.2, 0.25) is 0 Å². The van der Waals surface area contributed by atoms with Gasteiger partial charge in [0.15, 0.2) is 0 Å². The summed E-state index contributed by atoms with van der Waals surface area (Å²) in [6.07, 6.45) is 0. The van der Waals surface area contributed by atoms with Crippen LogP contribution in [0.4, 0.5) is 0 Å². The van der Waals surface area contributed by atoms with Crippen molar-refractivity contribution in [1.82, 2.24) is 0 Å². The maximum Gasteiger partial charge on any atom is 0.132 e. The normalized spacial score (nSPS) is 11.3. The predicted molar refractivity (Wildman–Crippen MR) is 130 cm³/mol. The van der Waals surface area contributed by atoms with Crippen LogP contribution in [0.3, 0.4) is 0 Å². The average Bonchev–Trinajstić information content (AvgIpc) is 2.78. The molecule has 0 bridgehead atoms. The Morgan fingerprint density at radius 2 is 1.03 bits per heavy atom. The first-order valence-electron chi connectivity index (χ1n) is 9.14. The summed E-state index contributed by atoms with van der Waals surface area (Å²) in [6, 6.07) is 34.7. The van der Waals surface area contributed by atoms with Gasteiger partial charge in [-0.3, -0.25) is 0 Å². The lowest BCUT2D eigenvalue weighted by molar-refractivity contribution is 0.630. The summed E-state index contributed by atoms with van der Waals surface area (Å²) in [7, 11) is 0.483. The highest BCUT2D eigenvalue weighted by Crippen LogP contribution is 2.41. The largest absolute Gasteiger partial charge is 0.472 e. The average molecular weight is 481 g/mol. The van der Waals surface area contributed by atoms with E-state index >= 15 is 0 Å². The third-order valence-corrected chi connectivity index (χ3v) is 6.50. The zero-order valence-corrected chi connectivity index (χ0v) is 19.1. The maximum atomic E-state index is 6.22. The first-order chi connectivity index (χ1) is 14.3. The highest BCUT2D eigenvalue weighted by atomic mass is 79.9. The van der Waals surface area contributed by atoms with Gasteiger partial charge >= 0.3 is 0 Å². The summed E-state index contributed by atoms with van der Waals surface area (Å²) >= 11 is 3.57. The molecule has 0 saturated heterocycles. The Kier molecular flexibility index (Phi) is 6.96. The minimum atomic E-state index is 0.235. The standard InChI is InChI=1S/C24H19BrO2P2/c25-18-15-16-22(24(17-18)27-29-20-11-5-2-6-12-20)21-13-7-8-14-23(21)26-28-19-9-3-1-4-10-19/h1-17,28-29H. The highest BCUT2D eigenvalue weighted by molar-refractivity contribution is 9.10. The van der Waals surface area contributed by atoms with Gasteiger partial charge in [-0.2, -0.15) is 0 Å². The van der Waals surface area contributed by atoms with E-state index in [0.29, 0.717) is 0 Å². The zero-order chi connectivity index (χ0) is 19.9. The van der Waals surface area contributed by atoms with Gasteiger partial charge in [0, 0.05) is 26.2 Å². The number of benzene rings is 4. The van der Waals surface area contributed by atoms with Crippen LogP contribution in [-0.4, -0.2) is 0 Å². The molecule has 0 radical (unpaired) electrons. The Balaban J connectivity index is 1.61. The lowest BCUT2D eigenvalue weighted by Gasteiger charge is -2.15. The molecule has 2 nitrogen and oxygen atoms in total. The van der Waals surface area contributed by atoms with E-state index in [1.54, 1.807) is 0 Å². The third-order valence-electron chi connectivity index (χ3n) is 4.23. The second kappa shape index (κ2) is 10.0. The molecule has 0 aliphatic carbocycles. The van der Waals surface area contributed by atoms with Crippen molar-refractivity contribution < 1.29 is 9.05 Å². The van der Waals surface area contributed by atoms with Crippen molar-refractivity contribution in [2.24, 2.45) is 0 Å². The van der Waals surface area contributed by atoms with Gasteiger partial charge in [-0.25, -0.2) is 0 Å². The third kappa shape index (κ3) is 5.46. The molecule has 0 heterocycles. The van der Waals surface area contributed by atoms with Gasteiger partial charge in [0.2, 0.25) is 0 Å². The first kappa shape index (κ1) is 20.1. The summed E-state index contributed by atoms with van der Waals surface area (Å²) in [5, 5.41) is 2.33. The lowest BCUT2D eigenvalue weighted by Crippen LogP contribution is -1.97. The van der Waals surface area contributed by atoms with E-state index in [4.69, 9.17) is 9.05 Å². The minimum absolute atomic E-state index is 0.235. The van der Waals surface area contributed by atoms with Gasteiger partial charge < -0.3 is 9.05 Å². The van der Waals surface area contributed by atoms with Crippen molar-refractivity contribution in [3.05, 3.63) is 108 Å². The molecule has 0 fully saturated rings. The van der Waals surface area contributed by atoms with Crippen LogP contribution >= 0.6 is 33.5 Å². The molecule has 0 aliphatic heterocycles. The molecule has 0 aromatic heterocycles. The Hall–Kier alpha value is -2.18. The lowest BCUT2D eigenvalue weighted by atomic mass is 10.0. The predicted octanol–water partition coefficient (Wildman–Crippen LogP) is 6.71. The van der Waals surface area contributed by atoms with Gasteiger partial charge in [-0.05, 0) is 24.3 Å². The summed E-state index contributed by atoms with van der Waals surface area (Å²) in [5.41, 5.74) is 2.04. The fraction of sp³-hybridized carbons (Fsp3) is 0. The van der Waals surface area contributed by atoms with Gasteiger partial charge in [0.05, 0.1) is 0 Å². The van der Waals surface area contributed by atoms with Crippen LogP contribution < -0.4 is 19.7 Å². The Morgan fingerprint density at radius 1 is 0.517 bits per heavy atom. The molecule has 4 rings (SSSR count). The van der Waals surface area contributed by atoms with Crippen molar-refractivity contribution in [2.45, 2.75) is 0 Å². The fourth-order valence-corrected chi connectivity index (χ4v) is 4.62. The van der Waals surface area contributed by atoms with Crippen LogP contribution in [-0.2, 0) is 0 Å². The monoisotopic (exact) mass is 480 g/mol. The summed E-state index contributed by atoms with van der Waals surface area (Å²) < 4.78 is 13.4. The highest BCUT2D eigenvalue weighted by Gasteiger charge is 2.13. The van der Waals surface area contributed by atoms with E-state index in [9.17, 15) is 0 Å². The van der Waals surface area contributed by atoms with E-state index in [1.807, 2.05) is 66.7 Å². The zero-order valence-electron chi connectivity index (χ0n) is 15.5. The molecule has 0 saturated carbocycles. The topological polar surface area (TPSA) is 18.5 Å². The molecule has 0 N–H and O–H groups in total. The summed E-state index contributed by atoms with van der Waals surface area (Å²) in [6.45, 7) is 0. The van der Waals surface area contributed by atoms with Crippen molar-refractivity contribution >= 4 is 44.2 Å². The molecule has 29 heavy (non-hydrogen) atoms. The van der Waals surface area contributed by atoms with E-state index in [0.717, 1.165) is 32.4 Å². The molecular formula is C24H19BrO2P2. The number of hydrogen-bond donors (Lipinski definition) is 0. The second-order valence-electron chi connectivity index (χ2n) is 6.28. The Bertz CT molecular complexity index is 1070. The van der Waals surface area contributed by atoms with E-state index < -0.39 is 0 Å². The molecule has 5 heteroatoms. The fourth-order valence-electron chi connectivity index (χ4n) is 2.82. The van der Waals surface area contributed by atoms with E-state index in [-0.39, 0.29) is 17.6 Å². The van der Waals surface area contributed by atoms with Crippen molar-refractivity contribution in [2.75, 3.05) is 0 Å². The van der Waals surface area contributed by atoms with Gasteiger partial charge in [-0.15, -0.1) is 0 Å². The molecule has 0 aliphatic rings. The SMILES string of the molecule is Brc1ccc(-c2ccccc2OPc2ccccc2)c(OPc2ccccc2)c1. The first-order valence-corrected chi connectivity index (χ1v) is 11.8. The van der Waals surface area contributed by atoms with Crippen molar-refractivity contribution in [3.63, 3.8) is 0 Å². The Labute approximate surface area is 183 Å². The van der Waals surface area contributed by atoms with Gasteiger partial charge in [0.1, 0.15) is 29.1 Å². The summed E-state index contributed by atoms with van der Waals surface area (Å²) in [4.78, 5) is 0. The van der Waals surface area contributed by atoms with Crippen LogP contribution in [0.25, 0.3) is 11.1 Å². The Morgan fingerprint density at radius 3 is 1.69 bits per heavy atom. The minimum Gasteiger partial charge on any atom is -0.472 e. The summed E-state index contributed by atoms with van der Waals surface area (Å²) in [5.74, 6) is 1.69. The van der Waals surface area contributed by atoms with Gasteiger partial charge in [-0.1, -0.05) is 94.8 Å². The van der Waals surface area contributed by atoms with Gasteiger partial charge in [0.25, 0.3) is 0 Å².